The van der Waals surface area contributed by atoms with E-state index in [1.54, 1.807) is 4.90 Å². The lowest BCUT2D eigenvalue weighted by molar-refractivity contribution is 0.204. The van der Waals surface area contributed by atoms with Gasteiger partial charge in [-0.15, -0.1) is 0 Å². The Morgan fingerprint density at radius 1 is 1.46 bits per heavy atom. The third-order valence-electron chi connectivity index (χ3n) is 2.21. The first-order valence-corrected chi connectivity index (χ1v) is 4.85. The summed E-state index contributed by atoms with van der Waals surface area (Å²) in [4.78, 5) is 16.9. The number of amides is 2. The Morgan fingerprint density at radius 3 is 2.69 bits per heavy atom. The Labute approximate surface area is 78.8 Å². The Kier molecular flexibility index (Phi) is 3.28. The van der Waals surface area contributed by atoms with E-state index in [0.29, 0.717) is 5.84 Å². The fraction of sp³-hybridized carbons (Fsp3) is 0.778. The van der Waals surface area contributed by atoms with Gasteiger partial charge in [0.2, 0.25) is 0 Å². The van der Waals surface area contributed by atoms with Crippen LogP contribution in [0.1, 0.15) is 33.1 Å². The van der Waals surface area contributed by atoms with Gasteiger partial charge in [-0.3, -0.25) is 0 Å². The molecule has 0 radical (unpaired) electrons. The molecule has 1 heterocycles. The van der Waals surface area contributed by atoms with E-state index >= 15 is 0 Å². The number of carbonyl (C=O) groups excluding carboxylic acids is 1. The second-order valence-electron chi connectivity index (χ2n) is 3.32. The molecular formula is C9H17N3O. The van der Waals surface area contributed by atoms with Gasteiger partial charge in [-0.25, -0.2) is 4.79 Å². The number of urea groups is 1. The molecule has 1 aliphatic rings. The van der Waals surface area contributed by atoms with Crippen LogP contribution in [-0.4, -0.2) is 29.4 Å². The number of nitrogens with zero attached hydrogens (tertiary/aromatic N) is 2. The van der Waals surface area contributed by atoms with Gasteiger partial charge in [0.05, 0.1) is 6.04 Å². The van der Waals surface area contributed by atoms with Gasteiger partial charge in [0, 0.05) is 6.54 Å². The first-order valence-electron chi connectivity index (χ1n) is 4.85. The summed E-state index contributed by atoms with van der Waals surface area (Å²) in [6.07, 6.45) is 2.89. The molecule has 0 spiro atoms. The predicted molar refractivity (Wildman–Crippen MR) is 52.7 cm³/mol. The monoisotopic (exact) mass is 183 g/mol. The highest BCUT2D eigenvalue weighted by Crippen LogP contribution is 2.15. The molecule has 0 aromatic carbocycles. The molecule has 0 saturated carbocycles. The normalized spacial score (nSPS) is 22.3. The lowest BCUT2D eigenvalue weighted by Crippen LogP contribution is -2.40. The molecule has 0 aromatic heterocycles. The molecule has 1 unspecified atom stereocenters. The standard InChI is InChI=1S/C9H17N3O/c1-3-5-7-8(10)11-9(13)12(7)6-4-2/h7H,3-6H2,1-2H3,(H2,10,11,13). The number of hydrogen-bond acceptors (Lipinski definition) is 2. The molecule has 13 heavy (non-hydrogen) atoms. The lowest BCUT2D eigenvalue weighted by atomic mass is 10.1. The summed E-state index contributed by atoms with van der Waals surface area (Å²) >= 11 is 0. The molecule has 0 fully saturated rings. The minimum Gasteiger partial charge on any atom is -0.385 e. The number of nitrogens with two attached hydrogens (primary N) is 1. The first kappa shape index (κ1) is 10.0. The van der Waals surface area contributed by atoms with Crippen molar-refractivity contribution in [3.8, 4) is 0 Å². The van der Waals surface area contributed by atoms with E-state index in [4.69, 9.17) is 5.73 Å². The van der Waals surface area contributed by atoms with Crippen molar-refractivity contribution in [1.29, 1.82) is 0 Å². The van der Waals surface area contributed by atoms with Gasteiger partial charge in [0.15, 0.2) is 0 Å². The minimum absolute atomic E-state index is 0.0532. The van der Waals surface area contributed by atoms with Gasteiger partial charge in [-0.1, -0.05) is 20.3 Å². The largest absolute Gasteiger partial charge is 0.385 e. The second-order valence-corrected chi connectivity index (χ2v) is 3.32. The maximum atomic E-state index is 11.3. The fourth-order valence-electron chi connectivity index (χ4n) is 1.61. The van der Waals surface area contributed by atoms with Crippen LogP contribution in [0.5, 0.6) is 0 Å². The van der Waals surface area contributed by atoms with E-state index in [9.17, 15) is 4.79 Å². The van der Waals surface area contributed by atoms with Crippen LogP contribution in [0.2, 0.25) is 0 Å². The van der Waals surface area contributed by atoms with Crippen molar-refractivity contribution in [3.63, 3.8) is 0 Å². The van der Waals surface area contributed by atoms with E-state index in [1.807, 2.05) is 6.92 Å². The van der Waals surface area contributed by atoms with Crippen LogP contribution in [0.25, 0.3) is 0 Å². The molecule has 0 bridgehead atoms. The molecule has 0 aliphatic carbocycles. The van der Waals surface area contributed by atoms with Gasteiger partial charge in [-0.05, 0) is 12.8 Å². The SMILES string of the molecule is CCCC1C(N)=NC(=O)N1CCC. The first-order chi connectivity index (χ1) is 6.20. The quantitative estimate of drug-likeness (QED) is 0.715. The van der Waals surface area contributed by atoms with Crippen LogP contribution in [0.4, 0.5) is 4.79 Å². The number of rotatable bonds is 4. The van der Waals surface area contributed by atoms with E-state index < -0.39 is 0 Å². The Balaban J connectivity index is 2.66. The van der Waals surface area contributed by atoms with Gasteiger partial charge in [0.1, 0.15) is 5.84 Å². The molecule has 2 N–H and O–H groups in total. The minimum atomic E-state index is -0.169. The van der Waals surface area contributed by atoms with Crippen LogP contribution in [0.15, 0.2) is 4.99 Å². The zero-order valence-electron chi connectivity index (χ0n) is 8.29. The number of amidine groups is 1. The molecular weight excluding hydrogens is 166 g/mol. The summed E-state index contributed by atoms with van der Waals surface area (Å²) in [7, 11) is 0. The van der Waals surface area contributed by atoms with Crippen LogP contribution in [0, 0.1) is 0 Å². The molecule has 0 aromatic rings. The molecule has 74 valence electrons. The van der Waals surface area contributed by atoms with Gasteiger partial charge < -0.3 is 10.6 Å². The molecule has 0 saturated heterocycles. The molecule has 1 rings (SSSR count). The lowest BCUT2D eigenvalue weighted by Gasteiger charge is -2.22. The van der Waals surface area contributed by atoms with Gasteiger partial charge in [-0.2, -0.15) is 4.99 Å². The topological polar surface area (TPSA) is 58.7 Å². The summed E-state index contributed by atoms with van der Waals surface area (Å²) in [5, 5.41) is 0. The Hall–Kier alpha value is -1.06. The Bertz CT molecular complexity index is 225. The van der Waals surface area contributed by atoms with Crippen molar-refractivity contribution in [3.05, 3.63) is 0 Å². The third-order valence-corrected chi connectivity index (χ3v) is 2.21. The summed E-state index contributed by atoms with van der Waals surface area (Å²) < 4.78 is 0. The highest BCUT2D eigenvalue weighted by Gasteiger charge is 2.31. The average Bonchev–Trinajstić information content (AvgIpc) is 2.33. The molecule has 1 atom stereocenters. The van der Waals surface area contributed by atoms with Gasteiger partial charge >= 0.3 is 6.03 Å². The number of hydrogen-bond donors (Lipinski definition) is 1. The van der Waals surface area contributed by atoms with Crippen LogP contribution >= 0.6 is 0 Å². The van der Waals surface area contributed by atoms with Crippen molar-refractivity contribution in [2.24, 2.45) is 10.7 Å². The second kappa shape index (κ2) is 4.25. The van der Waals surface area contributed by atoms with Gasteiger partial charge in [0.25, 0.3) is 0 Å². The van der Waals surface area contributed by atoms with Crippen molar-refractivity contribution < 1.29 is 4.79 Å². The zero-order valence-corrected chi connectivity index (χ0v) is 8.29. The summed E-state index contributed by atoms with van der Waals surface area (Å²) in [5.41, 5.74) is 5.66. The van der Waals surface area contributed by atoms with Crippen LogP contribution in [-0.2, 0) is 0 Å². The summed E-state index contributed by atoms with van der Waals surface area (Å²) in [5.74, 6) is 0.486. The number of aliphatic imine (C=N–C) groups is 1. The summed E-state index contributed by atoms with van der Waals surface area (Å²) in [6, 6.07) is -0.116. The highest BCUT2D eigenvalue weighted by atomic mass is 16.2. The van der Waals surface area contributed by atoms with E-state index in [-0.39, 0.29) is 12.1 Å². The Morgan fingerprint density at radius 2 is 2.15 bits per heavy atom. The third kappa shape index (κ3) is 1.99. The zero-order chi connectivity index (χ0) is 9.84. The van der Waals surface area contributed by atoms with E-state index in [0.717, 1.165) is 25.8 Å². The number of carbonyl (C=O) groups is 1. The maximum absolute atomic E-state index is 11.3. The fourth-order valence-corrected chi connectivity index (χ4v) is 1.61. The van der Waals surface area contributed by atoms with E-state index in [1.165, 1.54) is 0 Å². The van der Waals surface area contributed by atoms with Crippen LogP contribution < -0.4 is 5.73 Å². The smallest absolute Gasteiger partial charge is 0.345 e. The summed E-state index contributed by atoms with van der Waals surface area (Å²) in [6.45, 7) is 4.89. The molecule has 4 nitrogen and oxygen atoms in total. The maximum Gasteiger partial charge on any atom is 0.345 e. The molecule has 4 heteroatoms. The molecule has 2 amide bonds. The van der Waals surface area contributed by atoms with Crippen molar-refractivity contribution >= 4 is 11.9 Å². The van der Waals surface area contributed by atoms with E-state index in [2.05, 4.69) is 11.9 Å². The highest BCUT2D eigenvalue weighted by molar-refractivity contribution is 6.02. The van der Waals surface area contributed by atoms with Crippen molar-refractivity contribution in [2.45, 2.75) is 39.2 Å². The van der Waals surface area contributed by atoms with Crippen LogP contribution in [0.3, 0.4) is 0 Å². The van der Waals surface area contributed by atoms with Crippen molar-refractivity contribution in [2.75, 3.05) is 6.54 Å². The molecule has 1 aliphatic heterocycles. The predicted octanol–water partition coefficient (Wildman–Crippen LogP) is 1.36. The average molecular weight is 183 g/mol. The van der Waals surface area contributed by atoms with Crippen molar-refractivity contribution in [1.82, 2.24) is 4.90 Å².